The maximum atomic E-state index is 13.8. The summed E-state index contributed by atoms with van der Waals surface area (Å²) in [5.41, 5.74) is -1.41. The van der Waals surface area contributed by atoms with E-state index in [9.17, 15) is 19.1 Å². The summed E-state index contributed by atoms with van der Waals surface area (Å²) in [6.07, 6.45) is -4.69. The minimum atomic E-state index is -1.86. The fraction of sp³-hybridized carbons (Fsp3) is 0.556. The molecule has 0 aliphatic carbocycles. The molecular formula is C9H10FIN2O5. The molecule has 18 heavy (non-hydrogen) atoms. The third-order valence-corrected chi connectivity index (χ3v) is 3.44. The van der Waals surface area contributed by atoms with E-state index in [1.54, 1.807) is 22.6 Å². The molecule has 0 amide bonds. The molecule has 0 saturated carbocycles. The van der Waals surface area contributed by atoms with Gasteiger partial charge in [0.25, 0.3) is 5.56 Å². The van der Waals surface area contributed by atoms with Gasteiger partial charge in [-0.2, -0.15) is 0 Å². The number of halogens is 2. The molecule has 0 radical (unpaired) electrons. The predicted octanol–water partition coefficient (Wildman–Crippen LogP) is -1.27. The second kappa shape index (κ2) is 5.07. The summed E-state index contributed by atoms with van der Waals surface area (Å²) in [5.74, 6) is 0. The van der Waals surface area contributed by atoms with E-state index >= 15 is 0 Å². The first-order valence-corrected chi connectivity index (χ1v) is 6.13. The average molecular weight is 370 g/mol. The zero-order chi connectivity index (χ0) is 13.4. The number of aliphatic hydroxyl groups is 2. The zero-order valence-electron chi connectivity index (χ0n) is 8.92. The standard InChI is InChI=1S/C9H10FIN2O5/c10-5-6(15)4(2-14)18-8(5)13-1-3(11)7(16)12-9(13)17/h1,4-6,8,14-15H,2H2,(H,12,16,17)/t4-,5?,6?,8-/m1/s1/i11-2. The fourth-order valence-corrected chi connectivity index (χ4v) is 2.16. The van der Waals surface area contributed by atoms with Gasteiger partial charge < -0.3 is 14.9 Å². The average Bonchev–Trinajstić information content (AvgIpc) is 2.61. The SMILES string of the molecule is O=c1[nH]c(=O)n([C@@H]2O[C@H](CO)C(O)C2F)cc1[125I]. The smallest absolute Gasteiger partial charge is 0.330 e. The van der Waals surface area contributed by atoms with E-state index in [1.807, 2.05) is 4.98 Å². The minimum absolute atomic E-state index is 0.185. The number of aromatic amines is 1. The minimum Gasteiger partial charge on any atom is -0.394 e. The normalized spacial score (nSPS) is 31.8. The monoisotopic (exact) mass is 370 g/mol. The summed E-state index contributed by atoms with van der Waals surface area (Å²) in [6, 6.07) is 0. The lowest BCUT2D eigenvalue weighted by molar-refractivity contribution is -0.0492. The van der Waals surface area contributed by atoms with Crippen LogP contribution in [0.15, 0.2) is 15.8 Å². The van der Waals surface area contributed by atoms with Crippen molar-refractivity contribution in [2.45, 2.75) is 24.6 Å². The van der Waals surface area contributed by atoms with Crippen molar-refractivity contribution in [2.24, 2.45) is 0 Å². The van der Waals surface area contributed by atoms with Crippen LogP contribution in [0.1, 0.15) is 6.23 Å². The fourth-order valence-electron chi connectivity index (χ4n) is 1.73. The third kappa shape index (κ3) is 2.22. The van der Waals surface area contributed by atoms with Crippen molar-refractivity contribution in [1.82, 2.24) is 9.55 Å². The van der Waals surface area contributed by atoms with Crippen molar-refractivity contribution < 1.29 is 19.3 Å². The molecule has 1 fully saturated rings. The predicted molar refractivity (Wildman–Crippen MR) is 65.9 cm³/mol. The van der Waals surface area contributed by atoms with Crippen molar-refractivity contribution in [3.05, 3.63) is 30.6 Å². The molecule has 7 nitrogen and oxygen atoms in total. The first-order chi connectivity index (χ1) is 8.45. The van der Waals surface area contributed by atoms with Crippen LogP contribution in [0.5, 0.6) is 0 Å². The molecule has 4 atom stereocenters. The molecule has 2 heterocycles. The highest BCUT2D eigenvalue weighted by molar-refractivity contribution is 14.1. The molecule has 1 aromatic heterocycles. The Bertz CT molecular complexity index is 559. The van der Waals surface area contributed by atoms with E-state index < -0.39 is 42.5 Å². The van der Waals surface area contributed by atoms with Gasteiger partial charge in [-0.1, -0.05) is 0 Å². The third-order valence-electron chi connectivity index (χ3n) is 2.67. The number of nitrogens with one attached hydrogen (secondary N) is 1. The maximum Gasteiger partial charge on any atom is 0.330 e. The van der Waals surface area contributed by atoms with Crippen LogP contribution in [0.3, 0.4) is 0 Å². The van der Waals surface area contributed by atoms with Crippen LogP contribution in [0.2, 0.25) is 0 Å². The van der Waals surface area contributed by atoms with Gasteiger partial charge in [0.15, 0.2) is 12.4 Å². The Morgan fingerprint density at radius 3 is 2.78 bits per heavy atom. The van der Waals surface area contributed by atoms with Gasteiger partial charge in [0.05, 0.1) is 10.2 Å². The first-order valence-electron chi connectivity index (χ1n) is 5.05. The Labute approximate surface area is 113 Å². The Morgan fingerprint density at radius 1 is 1.56 bits per heavy atom. The molecule has 0 spiro atoms. The van der Waals surface area contributed by atoms with Crippen LogP contribution >= 0.6 is 22.6 Å². The quantitative estimate of drug-likeness (QED) is 0.564. The second-order valence-corrected chi connectivity index (χ2v) is 4.99. The molecule has 2 unspecified atom stereocenters. The molecule has 0 aromatic carbocycles. The van der Waals surface area contributed by atoms with E-state index in [-0.39, 0.29) is 3.57 Å². The van der Waals surface area contributed by atoms with Crippen molar-refractivity contribution >= 4 is 22.6 Å². The summed E-state index contributed by atoms with van der Waals surface area (Å²) in [4.78, 5) is 24.7. The van der Waals surface area contributed by atoms with Crippen molar-refractivity contribution in [1.29, 1.82) is 0 Å². The Morgan fingerprint density at radius 2 is 2.22 bits per heavy atom. The summed E-state index contributed by atoms with van der Waals surface area (Å²) >= 11 is 1.69. The lowest BCUT2D eigenvalue weighted by Gasteiger charge is -2.15. The van der Waals surface area contributed by atoms with Crippen LogP contribution in [-0.4, -0.2) is 44.8 Å². The van der Waals surface area contributed by atoms with Gasteiger partial charge in [-0.25, -0.2) is 9.18 Å². The zero-order valence-corrected chi connectivity index (χ0v) is 11.1. The number of H-pyrrole nitrogens is 1. The van der Waals surface area contributed by atoms with Gasteiger partial charge in [0.2, 0.25) is 0 Å². The van der Waals surface area contributed by atoms with Crippen LogP contribution < -0.4 is 11.2 Å². The molecule has 1 saturated heterocycles. The lowest BCUT2D eigenvalue weighted by atomic mass is 10.1. The second-order valence-electron chi connectivity index (χ2n) is 3.83. The van der Waals surface area contributed by atoms with Crippen molar-refractivity contribution in [3.63, 3.8) is 0 Å². The van der Waals surface area contributed by atoms with E-state index in [2.05, 4.69) is 0 Å². The maximum absolute atomic E-state index is 13.8. The summed E-state index contributed by atoms with van der Waals surface area (Å²) in [7, 11) is 0. The van der Waals surface area contributed by atoms with Gasteiger partial charge >= 0.3 is 5.69 Å². The van der Waals surface area contributed by atoms with Crippen LogP contribution in [0.25, 0.3) is 0 Å². The molecule has 1 aromatic rings. The summed E-state index contributed by atoms with van der Waals surface area (Å²) in [6.45, 7) is -0.562. The summed E-state index contributed by atoms with van der Waals surface area (Å²) in [5, 5.41) is 18.3. The Kier molecular flexibility index (Phi) is 3.84. The number of aliphatic hydroxyl groups excluding tert-OH is 2. The number of hydrogen-bond acceptors (Lipinski definition) is 5. The van der Waals surface area contributed by atoms with Gasteiger partial charge in [0.1, 0.15) is 12.2 Å². The van der Waals surface area contributed by atoms with Gasteiger partial charge in [0, 0.05) is 6.20 Å². The van der Waals surface area contributed by atoms with E-state index in [0.29, 0.717) is 0 Å². The van der Waals surface area contributed by atoms with Gasteiger partial charge in [-0.3, -0.25) is 14.3 Å². The number of aromatic nitrogens is 2. The highest BCUT2D eigenvalue weighted by Crippen LogP contribution is 2.30. The highest BCUT2D eigenvalue weighted by atomic mass is 125. The number of rotatable bonds is 2. The molecule has 9 heteroatoms. The molecular weight excluding hydrogens is 360 g/mol. The van der Waals surface area contributed by atoms with Gasteiger partial charge in [-0.15, -0.1) is 0 Å². The Balaban J connectivity index is 2.42. The number of ether oxygens (including phenoxy) is 1. The molecule has 0 bridgehead atoms. The topological polar surface area (TPSA) is 105 Å². The number of hydrogen-bond donors (Lipinski definition) is 3. The van der Waals surface area contributed by atoms with Crippen molar-refractivity contribution in [2.75, 3.05) is 6.61 Å². The number of nitrogens with zero attached hydrogens (tertiary/aromatic N) is 1. The van der Waals surface area contributed by atoms with Crippen molar-refractivity contribution in [3.8, 4) is 0 Å². The van der Waals surface area contributed by atoms with E-state index in [4.69, 9.17) is 9.84 Å². The van der Waals surface area contributed by atoms with E-state index in [0.717, 1.165) is 10.8 Å². The van der Waals surface area contributed by atoms with Crippen LogP contribution in [-0.2, 0) is 4.74 Å². The summed E-state index contributed by atoms with van der Waals surface area (Å²) < 4.78 is 19.9. The van der Waals surface area contributed by atoms with Crippen LogP contribution in [0, 0.1) is 3.57 Å². The Hall–Kier alpha value is -0.780. The van der Waals surface area contributed by atoms with Crippen LogP contribution in [0.4, 0.5) is 4.39 Å². The molecule has 100 valence electrons. The number of alkyl halides is 1. The molecule has 2 rings (SSSR count). The van der Waals surface area contributed by atoms with Gasteiger partial charge in [-0.05, 0) is 22.6 Å². The van der Waals surface area contributed by atoms with E-state index in [1.165, 1.54) is 0 Å². The molecule has 1 aliphatic rings. The molecule has 1 aliphatic heterocycles. The molecule has 3 N–H and O–H groups in total. The first kappa shape index (κ1) is 13.6. The largest absolute Gasteiger partial charge is 0.394 e. The lowest BCUT2D eigenvalue weighted by Crippen LogP contribution is -2.37. The highest BCUT2D eigenvalue weighted by Gasteiger charge is 2.45.